The lowest BCUT2D eigenvalue weighted by molar-refractivity contribution is -0.0778. The minimum Gasteiger partial charge on any atom is -0.389 e. The van der Waals surface area contributed by atoms with Crippen LogP contribution >= 0.6 is 22.7 Å². The molecule has 5 rings (SSSR count). The van der Waals surface area contributed by atoms with Gasteiger partial charge in [-0.15, -0.1) is 11.3 Å². The molecule has 4 aromatic heterocycles. The largest absolute Gasteiger partial charge is 0.389 e. The predicted octanol–water partition coefficient (Wildman–Crippen LogP) is 0.911. The average Bonchev–Trinajstić information content (AvgIpc) is 3.47. The van der Waals surface area contributed by atoms with Crippen molar-refractivity contribution in [3.8, 4) is 0 Å². The quantitative estimate of drug-likeness (QED) is 0.438. The van der Waals surface area contributed by atoms with Gasteiger partial charge in [0.15, 0.2) is 0 Å². The van der Waals surface area contributed by atoms with Crippen LogP contribution in [0.25, 0.3) is 20.6 Å². The van der Waals surface area contributed by atoms with E-state index in [1.54, 1.807) is 18.3 Å². The van der Waals surface area contributed by atoms with E-state index in [2.05, 4.69) is 4.98 Å². The molecule has 11 nitrogen and oxygen atoms in total. The van der Waals surface area contributed by atoms with Gasteiger partial charge in [-0.2, -0.15) is 0 Å². The first-order chi connectivity index (χ1) is 16.2. The minimum absolute atomic E-state index is 0.0107. The standard InChI is InChI=1S/C21H21N5O6S2/c1-10(2)26-19-15(17(28)23(3)20(26)30)14(18(29)25-7-11(27)9-32-25)13(33-19)8-24-12-5-4-6-22-16(12)34-21(24)31/h4-6,10-11,27H,7-9H2,1-3H3. The van der Waals surface area contributed by atoms with Gasteiger partial charge in [0.1, 0.15) is 22.4 Å². The number of aromatic nitrogens is 4. The first-order valence-electron chi connectivity index (χ1n) is 10.5. The zero-order valence-electron chi connectivity index (χ0n) is 18.5. The van der Waals surface area contributed by atoms with Crippen molar-refractivity contribution in [1.29, 1.82) is 0 Å². The Morgan fingerprint density at radius 3 is 2.74 bits per heavy atom. The number of β-amino-alcohol motifs (C(OH)–C–C–N with tert-alkyl or cyclic N) is 1. The number of thiazole rings is 1. The molecule has 178 valence electrons. The van der Waals surface area contributed by atoms with Gasteiger partial charge in [-0.05, 0) is 26.0 Å². The van der Waals surface area contributed by atoms with Gasteiger partial charge in [-0.25, -0.2) is 14.8 Å². The molecule has 0 saturated carbocycles. The Bertz CT molecular complexity index is 1620. The zero-order chi connectivity index (χ0) is 24.3. The van der Waals surface area contributed by atoms with Crippen molar-refractivity contribution in [3.05, 3.63) is 59.3 Å². The first-order valence-corrected chi connectivity index (χ1v) is 12.2. The molecular weight excluding hydrogens is 482 g/mol. The van der Waals surface area contributed by atoms with Crippen LogP contribution in [0.1, 0.15) is 35.1 Å². The maximum atomic E-state index is 13.6. The molecule has 1 atom stereocenters. The summed E-state index contributed by atoms with van der Waals surface area (Å²) in [6.07, 6.45) is 0.751. The molecule has 0 bridgehead atoms. The summed E-state index contributed by atoms with van der Waals surface area (Å²) in [5, 5.41) is 11.0. The normalized spacial score (nSPS) is 16.4. The van der Waals surface area contributed by atoms with Gasteiger partial charge >= 0.3 is 10.6 Å². The van der Waals surface area contributed by atoms with Crippen molar-refractivity contribution in [1.82, 2.24) is 23.7 Å². The summed E-state index contributed by atoms with van der Waals surface area (Å²) in [7, 11) is 1.37. The molecule has 0 aliphatic carbocycles. The maximum Gasteiger partial charge on any atom is 0.332 e. The van der Waals surface area contributed by atoms with E-state index in [-0.39, 0.29) is 41.6 Å². The topological polar surface area (TPSA) is 129 Å². The molecule has 0 radical (unpaired) electrons. The predicted molar refractivity (Wildman–Crippen MR) is 128 cm³/mol. The number of carbonyl (C=O) groups excluding carboxylic acids is 1. The van der Waals surface area contributed by atoms with Crippen molar-refractivity contribution in [2.24, 2.45) is 7.05 Å². The second-order valence-electron chi connectivity index (χ2n) is 8.29. The van der Waals surface area contributed by atoms with Crippen molar-refractivity contribution in [2.45, 2.75) is 32.5 Å². The number of aliphatic hydroxyl groups excluding tert-OH is 1. The second-order valence-corrected chi connectivity index (χ2v) is 10.3. The van der Waals surface area contributed by atoms with Gasteiger partial charge in [0.2, 0.25) is 0 Å². The van der Waals surface area contributed by atoms with Gasteiger partial charge in [0.25, 0.3) is 11.5 Å². The number of fused-ring (bicyclic) bond motifs is 2. The smallest absolute Gasteiger partial charge is 0.332 e. The SMILES string of the molecule is CC(C)n1c(=O)n(C)c(=O)c2c(C(=O)N3CC(O)CO3)c(Cn3c(=O)sc4ncccc43)sc21. The van der Waals surface area contributed by atoms with Gasteiger partial charge < -0.3 is 5.11 Å². The molecule has 1 aliphatic rings. The third-order valence-corrected chi connectivity index (χ3v) is 7.77. The third-order valence-electron chi connectivity index (χ3n) is 5.70. The number of pyridine rings is 1. The summed E-state index contributed by atoms with van der Waals surface area (Å²) in [6.45, 7) is 3.54. The summed E-state index contributed by atoms with van der Waals surface area (Å²) in [4.78, 5) is 63.1. The van der Waals surface area contributed by atoms with Crippen molar-refractivity contribution in [2.75, 3.05) is 13.2 Å². The molecule has 1 fully saturated rings. The van der Waals surface area contributed by atoms with Crippen LogP contribution < -0.4 is 16.1 Å². The highest BCUT2D eigenvalue weighted by molar-refractivity contribution is 7.19. The Kier molecular flexibility index (Phi) is 5.51. The fourth-order valence-electron chi connectivity index (χ4n) is 4.06. The van der Waals surface area contributed by atoms with E-state index in [0.29, 0.717) is 20.1 Å². The van der Waals surface area contributed by atoms with E-state index in [1.807, 2.05) is 13.8 Å². The van der Waals surface area contributed by atoms with Crippen LogP contribution in [0.4, 0.5) is 0 Å². The Morgan fingerprint density at radius 1 is 1.29 bits per heavy atom. The molecule has 1 saturated heterocycles. The first kappa shape index (κ1) is 22.7. The average molecular weight is 504 g/mol. The van der Waals surface area contributed by atoms with Crippen LogP contribution in [0.5, 0.6) is 0 Å². The molecule has 5 heterocycles. The zero-order valence-corrected chi connectivity index (χ0v) is 20.2. The summed E-state index contributed by atoms with van der Waals surface area (Å²) < 4.78 is 3.94. The number of hydrogen-bond donors (Lipinski definition) is 1. The van der Waals surface area contributed by atoms with Gasteiger partial charge in [0, 0.05) is 24.2 Å². The summed E-state index contributed by atoms with van der Waals surface area (Å²) >= 11 is 2.12. The number of aliphatic hydroxyl groups is 1. The van der Waals surface area contributed by atoms with Crippen LogP contribution in [-0.2, 0) is 18.4 Å². The Hall–Kier alpha value is -3.13. The fraction of sp³-hybridized carbons (Fsp3) is 0.381. The number of rotatable bonds is 4. The minimum atomic E-state index is -0.844. The molecule has 1 amide bonds. The van der Waals surface area contributed by atoms with Gasteiger partial charge in [-0.1, -0.05) is 11.3 Å². The number of nitrogens with zero attached hydrogens (tertiary/aromatic N) is 5. The number of amides is 1. The number of hydroxylamine groups is 2. The highest BCUT2D eigenvalue weighted by atomic mass is 32.1. The van der Waals surface area contributed by atoms with Gasteiger partial charge in [-0.3, -0.25) is 32.9 Å². The Labute approximate surface area is 199 Å². The highest BCUT2D eigenvalue weighted by Crippen LogP contribution is 2.33. The van der Waals surface area contributed by atoms with Crippen molar-refractivity contribution in [3.63, 3.8) is 0 Å². The Morgan fingerprint density at radius 2 is 2.06 bits per heavy atom. The fourth-order valence-corrected chi connectivity index (χ4v) is 6.30. The van der Waals surface area contributed by atoms with Crippen LogP contribution in [-0.4, -0.2) is 54.0 Å². The lowest BCUT2D eigenvalue weighted by Crippen LogP contribution is -2.39. The molecule has 13 heteroatoms. The van der Waals surface area contributed by atoms with E-state index in [4.69, 9.17) is 4.84 Å². The highest BCUT2D eigenvalue weighted by Gasteiger charge is 2.33. The molecule has 0 aromatic carbocycles. The third kappa shape index (κ3) is 3.43. The van der Waals surface area contributed by atoms with Crippen molar-refractivity contribution >= 4 is 49.1 Å². The van der Waals surface area contributed by atoms with Crippen LogP contribution in [0.15, 0.2) is 32.7 Å². The summed E-state index contributed by atoms with van der Waals surface area (Å²) in [5.74, 6) is -0.602. The molecule has 4 aromatic rings. The van der Waals surface area contributed by atoms with E-state index in [0.717, 1.165) is 32.3 Å². The number of hydrogen-bond acceptors (Lipinski definition) is 9. The molecule has 1 N–H and O–H groups in total. The van der Waals surface area contributed by atoms with Crippen LogP contribution in [0.3, 0.4) is 0 Å². The van der Waals surface area contributed by atoms with Crippen LogP contribution in [0, 0.1) is 0 Å². The molecule has 1 aliphatic heterocycles. The van der Waals surface area contributed by atoms with E-state index < -0.39 is 23.3 Å². The number of carbonyl (C=O) groups is 1. The Balaban J connectivity index is 1.81. The van der Waals surface area contributed by atoms with Crippen molar-refractivity contribution < 1.29 is 14.7 Å². The van der Waals surface area contributed by atoms with E-state index >= 15 is 0 Å². The van der Waals surface area contributed by atoms with Crippen LogP contribution in [0.2, 0.25) is 0 Å². The van der Waals surface area contributed by atoms with E-state index in [1.165, 1.54) is 16.2 Å². The van der Waals surface area contributed by atoms with Gasteiger partial charge in [0.05, 0.1) is 29.6 Å². The molecular formula is C21H21N5O6S2. The summed E-state index contributed by atoms with van der Waals surface area (Å²) in [6, 6.07) is 3.20. The lowest BCUT2D eigenvalue weighted by atomic mass is 10.1. The number of thiophene rings is 1. The maximum absolute atomic E-state index is 13.6. The second kappa shape index (κ2) is 8.27. The lowest BCUT2D eigenvalue weighted by Gasteiger charge is -2.15. The molecule has 34 heavy (non-hydrogen) atoms. The monoisotopic (exact) mass is 503 g/mol. The molecule has 0 spiro atoms. The molecule has 1 unspecified atom stereocenters. The summed E-state index contributed by atoms with van der Waals surface area (Å²) in [5.41, 5.74) is -0.421. The van der Waals surface area contributed by atoms with E-state index in [9.17, 15) is 24.3 Å².